The fourth-order valence-corrected chi connectivity index (χ4v) is 1.16. The maximum Gasteiger partial charge on any atom is 0.303 e. The van der Waals surface area contributed by atoms with Crippen molar-refractivity contribution in [3.8, 4) is 0 Å². The van der Waals surface area contributed by atoms with Gasteiger partial charge in [-0.2, -0.15) is 0 Å². The van der Waals surface area contributed by atoms with Gasteiger partial charge < -0.3 is 10.4 Å². The van der Waals surface area contributed by atoms with Crippen LogP contribution in [0.25, 0.3) is 0 Å². The van der Waals surface area contributed by atoms with E-state index in [1.54, 1.807) is 0 Å². The Morgan fingerprint density at radius 2 is 2.07 bits per heavy atom. The number of nitrogens with one attached hydrogen (secondary N) is 2. The summed E-state index contributed by atoms with van der Waals surface area (Å²) in [6.45, 7) is 0. The lowest BCUT2D eigenvalue weighted by Crippen LogP contribution is -2.40. The topological polar surface area (TPSA) is 113 Å². The molecule has 3 N–H and O–H groups in total. The molecule has 0 aromatic heterocycles. The van der Waals surface area contributed by atoms with Gasteiger partial charge in [0.05, 0.1) is 12.8 Å². The van der Waals surface area contributed by atoms with Crippen LogP contribution in [0.1, 0.15) is 19.3 Å². The second kappa shape index (κ2) is 4.54. The van der Waals surface area contributed by atoms with Crippen LogP contribution in [0.3, 0.4) is 0 Å². The molecule has 1 heterocycles. The van der Waals surface area contributed by atoms with Crippen molar-refractivity contribution < 1.29 is 24.3 Å². The molecule has 0 aromatic rings. The normalized spacial score (nSPS) is 19.9. The van der Waals surface area contributed by atoms with Crippen LogP contribution < -0.4 is 10.6 Å². The van der Waals surface area contributed by atoms with E-state index in [9.17, 15) is 19.2 Å². The van der Waals surface area contributed by atoms with E-state index >= 15 is 0 Å². The Labute approximate surface area is 84.8 Å². The van der Waals surface area contributed by atoms with Crippen LogP contribution in [-0.2, 0) is 19.2 Å². The molecule has 0 saturated carbocycles. The van der Waals surface area contributed by atoms with Gasteiger partial charge in [-0.1, -0.05) is 0 Å². The van der Waals surface area contributed by atoms with Gasteiger partial charge >= 0.3 is 5.97 Å². The molecular weight excluding hydrogens is 204 g/mol. The predicted molar refractivity (Wildman–Crippen MR) is 46.6 cm³/mol. The van der Waals surface area contributed by atoms with Gasteiger partial charge in [0.15, 0.2) is 0 Å². The van der Waals surface area contributed by atoms with Crippen molar-refractivity contribution in [3.05, 3.63) is 0 Å². The first-order valence-electron chi connectivity index (χ1n) is 4.34. The summed E-state index contributed by atoms with van der Waals surface area (Å²) in [6, 6.07) is -0.862. The molecule has 7 nitrogen and oxygen atoms in total. The Bertz CT molecular complexity index is 325. The van der Waals surface area contributed by atoms with Crippen LogP contribution in [0.4, 0.5) is 0 Å². The van der Waals surface area contributed by atoms with Crippen LogP contribution in [0.2, 0.25) is 0 Å². The van der Waals surface area contributed by atoms with Gasteiger partial charge in [0.25, 0.3) is 0 Å². The molecule has 1 atom stereocenters. The first kappa shape index (κ1) is 11.2. The predicted octanol–water partition coefficient (Wildman–Crippen LogP) is -1.62. The minimum atomic E-state index is -1.09. The Morgan fingerprint density at radius 1 is 1.40 bits per heavy atom. The summed E-state index contributed by atoms with van der Waals surface area (Å²) in [5, 5.41) is 12.6. The van der Waals surface area contributed by atoms with Crippen molar-refractivity contribution in [3.63, 3.8) is 0 Å². The van der Waals surface area contributed by atoms with E-state index in [0.717, 1.165) is 0 Å². The number of aliphatic carboxylic acids is 1. The highest BCUT2D eigenvalue weighted by atomic mass is 16.4. The van der Waals surface area contributed by atoms with Crippen molar-refractivity contribution in [2.45, 2.75) is 25.3 Å². The third-order valence-electron chi connectivity index (χ3n) is 1.87. The van der Waals surface area contributed by atoms with Crippen LogP contribution in [0, 0.1) is 0 Å². The third kappa shape index (κ3) is 3.37. The number of carbonyl (C=O) groups excluding carboxylic acids is 3. The number of hydrogen-bond acceptors (Lipinski definition) is 4. The molecule has 0 aromatic carbocycles. The number of hydrogen-bond donors (Lipinski definition) is 3. The lowest BCUT2D eigenvalue weighted by Gasteiger charge is -2.07. The van der Waals surface area contributed by atoms with Gasteiger partial charge in [0, 0.05) is 6.42 Å². The van der Waals surface area contributed by atoms with Gasteiger partial charge in [-0.05, 0) is 0 Å². The van der Waals surface area contributed by atoms with E-state index in [1.807, 2.05) is 5.32 Å². The average molecular weight is 214 g/mol. The molecule has 82 valence electrons. The van der Waals surface area contributed by atoms with E-state index in [1.165, 1.54) is 0 Å². The first-order chi connectivity index (χ1) is 6.99. The van der Waals surface area contributed by atoms with Crippen LogP contribution in [0.5, 0.6) is 0 Å². The number of rotatable bonds is 4. The fraction of sp³-hybridized carbons (Fsp3) is 0.500. The zero-order chi connectivity index (χ0) is 11.4. The number of imide groups is 1. The van der Waals surface area contributed by atoms with Gasteiger partial charge in [0.1, 0.15) is 6.04 Å². The van der Waals surface area contributed by atoms with Crippen molar-refractivity contribution >= 4 is 23.7 Å². The molecule has 15 heavy (non-hydrogen) atoms. The minimum absolute atomic E-state index is 0.0857. The van der Waals surface area contributed by atoms with Crippen molar-refractivity contribution in [1.29, 1.82) is 0 Å². The molecule has 1 aliphatic heterocycles. The van der Waals surface area contributed by atoms with E-state index in [2.05, 4.69) is 5.32 Å². The largest absolute Gasteiger partial charge is 0.481 e. The summed E-state index contributed by atoms with van der Waals surface area (Å²) in [4.78, 5) is 43.0. The molecule has 0 aliphatic carbocycles. The van der Waals surface area contributed by atoms with Crippen molar-refractivity contribution in [1.82, 2.24) is 10.6 Å². The molecule has 1 fully saturated rings. The van der Waals surface area contributed by atoms with E-state index in [0.29, 0.717) is 0 Å². The molecule has 1 rings (SSSR count). The molecule has 1 unspecified atom stereocenters. The summed E-state index contributed by atoms with van der Waals surface area (Å²) in [7, 11) is 0. The van der Waals surface area contributed by atoms with Crippen molar-refractivity contribution in [2.24, 2.45) is 0 Å². The molecule has 0 spiro atoms. The molecule has 1 aliphatic rings. The number of carboxylic acids is 1. The SMILES string of the molecule is O=C(O)CCC(=O)NC1CC(=O)NC1=O. The maximum absolute atomic E-state index is 11.1. The minimum Gasteiger partial charge on any atom is -0.481 e. The Balaban J connectivity index is 2.35. The molecule has 0 radical (unpaired) electrons. The zero-order valence-corrected chi connectivity index (χ0v) is 7.78. The van der Waals surface area contributed by atoms with Crippen LogP contribution in [0.15, 0.2) is 0 Å². The van der Waals surface area contributed by atoms with Crippen LogP contribution >= 0.6 is 0 Å². The monoisotopic (exact) mass is 214 g/mol. The first-order valence-corrected chi connectivity index (χ1v) is 4.34. The van der Waals surface area contributed by atoms with E-state index in [-0.39, 0.29) is 19.3 Å². The average Bonchev–Trinajstić information content (AvgIpc) is 2.42. The second-order valence-corrected chi connectivity index (χ2v) is 3.13. The quantitative estimate of drug-likeness (QED) is 0.487. The van der Waals surface area contributed by atoms with E-state index in [4.69, 9.17) is 5.11 Å². The Kier molecular flexibility index (Phi) is 3.37. The fourth-order valence-electron chi connectivity index (χ4n) is 1.16. The standard InChI is InChI=1S/C8H10N2O5/c11-5(1-2-7(13)14)9-4-3-6(12)10-8(4)15/h4H,1-3H2,(H,9,11)(H,13,14)(H,10,12,15). The highest BCUT2D eigenvalue weighted by Crippen LogP contribution is 2.02. The second-order valence-electron chi connectivity index (χ2n) is 3.13. The zero-order valence-electron chi connectivity index (χ0n) is 7.78. The molecule has 1 saturated heterocycles. The van der Waals surface area contributed by atoms with Crippen LogP contribution in [-0.4, -0.2) is 34.8 Å². The third-order valence-corrected chi connectivity index (χ3v) is 1.87. The molecular formula is C8H10N2O5. The maximum atomic E-state index is 11.1. The summed E-state index contributed by atoms with van der Waals surface area (Å²) in [6.07, 6.45) is -0.584. The number of carbonyl (C=O) groups is 4. The summed E-state index contributed by atoms with van der Waals surface area (Å²) < 4.78 is 0. The van der Waals surface area contributed by atoms with Gasteiger partial charge in [-0.15, -0.1) is 0 Å². The van der Waals surface area contributed by atoms with E-state index < -0.39 is 29.7 Å². The van der Waals surface area contributed by atoms with Crippen molar-refractivity contribution in [2.75, 3.05) is 0 Å². The van der Waals surface area contributed by atoms with Gasteiger partial charge in [0.2, 0.25) is 17.7 Å². The highest BCUT2D eigenvalue weighted by molar-refractivity contribution is 6.06. The Hall–Kier alpha value is -1.92. The number of carboxylic acid groups (broad SMARTS) is 1. The molecule has 7 heteroatoms. The molecule has 0 bridgehead atoms. The van der Waals surface area contributed by atoms with Gasteiger partial charge in [-0.3, -0.25) is 24.5 Å². The Morgan fingerprint density at radius 3 is 2.53 bits per heavy atom. The lowest BCUT2D eigenvalue weighted by atomic mass is 10.2. The number of amides is 3. The molecule has 3 amide bonds. The lowest BCUT2D eigenvalue weighted by molar-refractivity contribution is -0.139. The smallest absolute Gasteiger partial charge is 0.303 e. The highest BCUT2D eigenvalue weighted by Gasteiger charge is 2.31. The summed E-state index contributed by atoms with van der Waals surface area (Å²) in [5.41, 5.74) is 0. The summed E-state index contributed by atoms with van der Waals surface area (Å²) >= 11 is 0. The summed E-state index contributed by atoms with van der Waals surface area (Å²) in [5.74, 6) is -2.63. The van der Waals surface area contributed by atoms with Gasteiger partial charge in [-0.25, -0.2) is 0 Å².